The van der Waals surface area contributed by atoms with Crippen LogP contribution in [0.3, 0.4) is 0 Å². The summed E-state index contributed by atoms with van der Waals surface area (Å²) in [5.41, 5.74) is 3.54. The van der Waals surface area contributed by atoms with Gasteiger partial charge in [-0.1, -0.05) is 64.5 Å². The SMILES string of the molecule is Cc1nc2ccccn2c1C(O)=C1C(=O)C(=O)N(CCc2ccccc2)C1c1ccc(Br)cc1. The van der Waals surface area contributed by atoms with E-state index in [1.807, 2.05) is 72.8 Å². The van der Waals surface area contributed by atoms with Crippen molar-refractivity contribution in [3.8, 4) is 0 Å². The number of benzene rings is 2. The molecule has 0 spiro atoms. The standard InChI is InChI=1S/C27H22BrN3O3/c1-17-23(30-15-6-5-9-21(30)29-17)25(32)22-24(19-10-12-20(28)13-11-19)31(27(34)26(22)33)16-14-18-7-3-2-4-8-18/h2-13,15,24,32H,14,16H2,1H3. The summed E-state index contributed by atoms with van der Waals surface area (Å²) in [6, 6.07) is 22.1. The molecule has 2 aromatic carbocycles. The second kappa shape index (κ2) is 8.91. The number of ketones is 1. The lowest BCUT2D eigenvalue weighted by atomic mass is 9.96. The van der Waals surface area contributed by atoms with Crippen LogP contribution in [0.25, 0.3) is 11.4 Å². The van der Waals surface area contributed by atoms with Crippen molar-refractivity contribution in [2.75, 3.05) is 6.54 Å². The van der Waals surface area contributed by atoms with Gasteiger partial charge in [0.2, 0.25) is 0 Å². The van der Waals surface area contributed by atoms with Crippen molar-refractivity contribution < 1.29 is 14.7 Å². The highest BCUT2D eigenvalue weighted by molar-refractivity contribution is 9.10. The van der Waals surface area contributed by atoms with Crippen molar-refractivity contribution in [2.45, 2.75) is 19.4 Å². The Kier molecular flexibility index (Phi) is 5.79. The van der Waals surface area contributed by atoms with Gasteiger partial charge in [-0.05, 0) is 48.7 Å². The minimum absolute atomic E-state index is 0.0779. The Hall–Kier alpha value is -3.71. The van der Waals surface area contributed by atoms with E-state index in [0.717, 1.165) is 15.6 Å². The number of hydrogen-bond donors (Lipinski definition) is 1. The highest BCUT2D eigenvalue weighted by Crippen LogP contribution is 2.40. The van der Waals surface area contributed by atoms with Gasteiger partial charge < -0.3 is 10.0 Å². The smallest absolute Gasteiger partial charge is 0.295 e. The van der Waals surface area contributed by atoms with E-state index in [9.17, 15) is 14.7 Å². The normalized spacial score (nSPS) is 17.6. The second-order valence-corrected chi connectivity index (χ2v) is 9.17. The molecule has 1 atom stereocenters. The van der Waals surface area contributed by atoms with Crippen molar-refractivity contribution in [3.63, 3.8) is 0 Å². The number of aliphatic hydroxyl groups is 1. The molecule has 3 heterocycles. The summed E-state index contributed by atoms with van der Waals surface area (Å²) in [7, 11) is 0. The lowest BCUT2D eigenvalue weighted by Gasteiger charge is -2.25. The number of aliphatic hydroxyl groups excluding tert-OH is 1. The number of aryl methyl sites for hydroxylation is 1. The fourth-order valence-corrected chi connectivity index (χ4v) is 4.79. The number of pyridine rings is 1. The monoisotopic (exact) mass is 515 g/mol. The van der Waals surface area contributed by atoms with E-state index in [2.05, 4.69) is 20.9 Å². The molecule has 5 rings (SSSR count). The summed E-state index contributed by atoms with van der Waals surface area (Å²) in [5, 5.41) is 11.5. The van der Waals surface area contributed by atoms with Gasteiger partial charge in [0.15, 0.2) is 5.76 Å². The third kappa shape index (κ3) is 3.82. The maximum atomic E-state index is 13.3. The van der Waals surface area contributed by atoms with Gasteiger partial charge in [-0.15, -0.1) is 0 Å². The van der Waals surface area contributed by atoms with E-state index < -0.39 is 17.7 Å². The Labute approximate surface area is 205 Å². The van der Waals surface area contributed by atoms with Gasteiger partial charge >= 0.3 is 0 Å². The van der Waals surface area contributed by atoms with Crippen LogP contribution < -0.4 is 0 Å². The van der Waals surface area contributed by atoms with Crippen LogP contribution in [-0.2, 0) is 16.0 Å². The number of nitrogens with zero attached hydrogens (tertiary/aromatic N) is 3. The van der Waals surface area contributed by atoms with Crippen LogP contribution in [0.5, 0.6) is 0 Å². The predicted molar refractivity (Wildman–Crippen MR) is 133 cm³/mol. The van der Waals surface area contributed by atoms with E-state index in [4.69, 9.17) is 0 Å². The summed E-state index contributed by atoms with van der Waals surface area (Å²) < 4.78 is 2.62. The topological polar surface area (TPSA) is 74.9 Å². The van der Waals surface area contributed by atoms with Crippen molar-refractivity contribution >= 4 is 39.0 Å². The molecular weight excluding hydrogens is 494 g/mol. The van der Waals surface area contributed by atoms with Crippen LogP contribution in [0, 0.1) is 6.92 Å². The zero-order chi connectivity index (χ0) is 23.8. The first-order valence-corrected chi connectivity index (χ1v) is 11.8. The number of aromatic nitrogens is 2. The Balaban J connectivity index is 1.65. The van der Waals surface area contributed by atoms with Crippen LogP contribution in [0.1, 0.15) is 28.6 Å². The molecule has 170 valence electrons. The molecule has 1 fully saturated rings. The first-order chi connectivity index (χ1) is 16.5. The highest BCUT2D eigenvalue weighted by atomic mass is 79.9. The molecule has 0 bridgehead atoms. The van der Waals surface area contributed by atoms with Gasteiger partial charge in [0.25, 0.3) is 11.7 Å². The summed E-state index contributed by atoms with van der Waals surface area (Å²) in [5.74, 6) is -1.52. The average molecular weight is 516 g/mol. The van der Waals surface area contributed by atoms with Crippen LogP contribution in [0.2, 0.25) is 0 Å². The molecular formula is C27H22BrN3O3. The summed E-state index contributed by atoms with van der Waals surface area (Å²) in [6.45, 7) is 2.13. The Morgan fingerprint density at radius 2 is 1.71 bits per heavy atom. The number of halogens is 1. The zero-order valence-electron chi connectivity index (χ0n) is 18.5. The average Bonchev–Trinajstić information content (AvgIpc) is 3.31. The van der Waals surface area contributed by atoms with Crippen LogP contribution in [-0.4, -0.2) is 37.6 Å². The number of fused-ring (bicyclic) bond motifs is 1. The molecule has 1 amide bonds. The molecule has 1 N–H and O–H groups in total. The molecule has 0 saturated carbocycles. The van der Waals surface area contributed by atoms with E-state index >= 15 is 0 Å². The molecule has 1 aliphatic heterocycles. The van der Waals surface area contributed by atoms with E-state index in [1.165, 1.54) is 0 Å². The highest BCUT2D eigenvalue weighted by Gasteiger charge is 2.46. The third-order valence-electron chi connectivity index (χ3n) is 6.14. The molecule has 2 aromatic heterocycles. The van der Waals surface area contributed by atoms with Crippen LogP contribution in [0.4, 0.5) is 0 Å². The molecule has 0 radical (unpaired) electrons. The Morgan fingerprint density at radius 1 is 1.00 bits per heavy atom. The van der Waals surface area contributed by atoms with Crippen molar-refractivity contribution in [3.05, 3.63) is 112 Å². The number of Topliss-reactive ketones (excluding diaryl/α,β-unsaturated/α-hetero) is 1. The molecule has 0 aliphatic carbocycles. The first-order valence-electron chi connectivity index (χ1n) is 11.0. The summed E-state index contributed by atoms with van der Waals surface area (Å²) in [6.07, 6.45) is 2.38. The van der Waals surface area contributed by atoms with Crippen LogP contribution in [0.15, 0.2) is 89.0 Å². The first kappa shape index (κ1) is 22.1. The van der Waals surface area contributed by atoms with Gasteiger partial charge in [0.1, 0.15) is 11.3 Å². The van der Waals surface area contributed by atoms with Crippen molar-refractivity contribution in [1.82, 2.24) is 14.3 Å². The summed E-state index contributed by atoms with van der Waals surface area (Å²) in [4.78, 5) is 32.6. The van der Waals surface area contributed by atoms with Gasteiger partial charge in [-0.25, -0.2) is 4.98 Å². The van der Waals surface area contributed by atoms with E-state index in [0.29, 0.717) is 30.0 Å². The molecule has 1 saturated heterocycles. The number of imidazole rings is 1. The summed E-state index contributed by atoms with van der Waals surface area (Å²) >= 11 is 3.45. The minimum atomic E-state index is -0.703. The lowest BCUT2D eigenvalue weighted by Crippen LogP contribution is -2.31. The molecule has 1 unspecified atom stereocenters. The molecule has 1 aliphatic rings. The fraction of sp³-hybridized carbons (Fsp3) is 0.148. The number of carbonyl (C=O) groups excluding carboxylic acids is 2. The minimum Gasteiger partial charge on any atom is -0.505 e. The fourth-order valence-electron chi connectivity index (χ4n) is 4.52. The Bertz CT molecular complexity index is 1420. The van der Waals surface area contributed by atoms with Gasteiger partial charge in [0, 0.05) is 17.2 Å². The molecule has 6 nitrogen and oxygen atoms in total. The maximum absolute atomic E-state index is 13.3. The van der Waals surface area contributed by atoms with Gasteiger partial charge in [-0.3, -0.25) is 14.0 Å². The zero-order valence-corrected chi connectivity index (χ0v) is 20.1. The second-order valence-electron chi connectivity index (χ2n) is 8.25. The number of carbonyl (C=O) groups is 2. The van der Waals surface area contributed by atoms with Gasteiger partial charge in [0.05, 0.1) is 17.3 Å². The molecule has 4 aromatic rings. The molecule has 7 heteroatoms. The maximum Gasteiger partial charge on any atom is 0.295 e. The third-order valence-corrected chi connectivity index (χ3v) is 6.67. The Morgan fingerprint density at radius 3 is 2.44 bits per heavy atom. The predicted octanol–water partition coefficient (Wildman–Crippen LogP) is 5.07. The van der Waals surface area contributed by atoms with E-state index in [-0.39, 0.29) is 11.3 Å². The molecule has 34 heavy (non-hydrogen) atoms. The van der Waals surface area contributed by atoms with Crippen molar-refractivity contribution in [2.24, 2.45) is 0 Å². The van der Waals surface area contributed by atoms with Gasteiger partial charge in [-0.2, -0.15) is 0 Å². The number of likely N-dealkylation sites (tertiary alicyclic amines) is 1. The quantitative estimate of drug-likeness (QED) is 0.228. The number of rotatable bonds is 5. The van der Waals surface area contributed by atoms with Crippen molar-refractivity contribution in [1.29, 1.82) is 0 Å². The van der Waals surface area contributed by atoms with Crippen LogP contribution >= 0.6 is 15.9 Å². The van der Waals surface area contributed by atoms with E-state index in [1.54, 1.807) is 22.4 Å². The number of amides is 1. The largest absolute Gasteiger partial charge is 0.505 e. The number of hydrogen-bond acceptors (Lipinski definition) is 4. The lowest BCUT2D eigenvalue weighted by molar-refractivity contribution is -0.139.